The number of nitrogens with one attached hydrogen (secondary N) is 1. The second-order valence-corrected chi connectivity index (χ2v) is 7.62. The van der Waals surface area contributed by atoms with Gasteiger partial charge in [0.1, 0.15) is 0 Å². The Morgan fingerprint density at radius 3 is 2.14 bits per heavy atom. The van der Waals surface area contributed by atoms with Crippen molar-refractivity contribution in [2.75, 3.05) is 6.26 Å². The van der Waals surface area contributed by atoms with Crippen molar-refractivity contribution in [2.45, 2.75) is 38.7 Å². The van der Waals surface area contributed by atoms with Crippen molar-refractivity contribution in [1.82, 2.24) is 5.32 Å². The highest BCUT2D eigenvalue weighted by Gasteiger charge is 2.19. The van der Waals surface area contributed by atoms with Crippen molar-refractivity contribution in [1.29, 1.82) is 0 Å². The zero-order valence-corrected chi connectivity index (χ0v) is 13.9. The van der Waals surface area contributed by atoms with Crippen LogP contribution in [0.4, 0.5) is 0 Å². The van der Waals surface area contributed by atoms with E-state index in [9.17, 15) is 18.0 Å². The van der Waals surface area contributed by atoms with Gasteiger partial charge >= 0.3 is 5.97 Å². The van der Waals surface area contributed by atoms with E-state index in [4.69, 9.17) is 4.74 Å². The fourth-order valence-corrected chi connectivity index (χ4v) is 2.52. The van der Waals surface area contributed by atoms with Crippen LogP contribution in [0.5, 0.6) is 0 Å². The van der Waals surface area contributed by atoms with Crippen molar-refractivity contribution in [3.8, 4) is 0 Å². The fraction of sp³-hybridized carbons (Fsp3) is 0.467. The highest BCUT2D eigenvalue weighted by atomic mass is 32.2. The van der Waals surface area contributed by atoms with Crippen molar-refractivity contribution in [3.63, 3.8) is 0 Å². The summed E-state index contributed by atoms with van der Waals surface area (Å²) in [6.07, 6.45) is 0.245. The molecule has 0 fully saturated rings. The van der Waals surface area contributed by atoms with E-state index in [2.05, 4.69) is 5.32 Å². The maximum absolute atomic E-state index is 11.9. The Labute approximate surface area is 130 Å². The predicted octanol–water partition coefficient (Wildman–Crippen LogP) is 1.30. The molecule has 22 heavy (non-hydrogen) atoms. The number of esters is 1. The SMILES string of the molecule is CC(C)NC(=O)[C@H](C)OC(=O)c1ccc(CS(C)(=O)=O)cc1. The number of hydrogen-bond donors (Lipinski definition) is 1. The first-order valence-corrected chi connectivity index (χ1v) is 8.92. The molecule has 1 N–H and O–H groups in total. The van der Waals surface area contributed by atoms with Crippen LogP contribution in [0, 0.1) is 0 Å². The molecule has 0 aliphatic heterocycles. The van der Waals surface area contributed by atoms with Crippen molar-refractivity contribution in [3.05, 3.63) is 35.4 Å². The molecule has 1 aromatic carbocycles. The second-order valence-electron chi connectivity index (χ2n) is 5.48. The Balaban J connectivity index is 2.68. The van der Waals surface area contributed by atoms with Gasteiger partial charge in [-0.2, -0.15) is 0 Å². The van der Waals surface area contributed by atoms with Gasteiger partial charge < -0.3 is 10.1 Å². The minimum Gasteiger partial charge on any atom is -0.449 e. The molecule has 1 rings (SSSR count). The summed E-state index contributed by atoms with van der Waals surface area (Å²) in [7, 11) is -3.12. The lowest BCUT2D eigenvalue weighted by atomic mass is 10.1. The van der Waals surface area contributed by atoms with Crippen LogP contribution >= 0.6 is 0 Å². The molecule has 7 heteroatoms. The van der Waals surface area contributed by atoms with Gasteiger partial charge in [0.05, 0.1) is 11.3 Å². The predicted molar refractivity (Wildman–Crippen MR) is 83.1 cm³/mol. The Morgan fingerprint density at radius 2 is 1.68 bits per heavy atom. The zero-order chi connectivity index (χ0) is 16.9. The number of ether oxygens (including phenoxy) is 1. The van der Waals surface area contributed by atoms with Gasteiger partial charge in [0.15, 0.2) is 15.9 Å². The van der Waals surface area contributed by atoms with E-state index >= 15 is 0 Å². The molecule has 0 saturated carbocycles. The van der Waals surface area contributed by atoms with Gasteiger partial charge in [0, 0.05) is 12.3 Å². The van der Waals surface area contributed by atoms with Gasteiger partial charge in [-0.15, -0.1) is 0 Å². The number of hydrogen-bond acceptors (Lipinski definition) is 5. The quantitative estimate of drug-likeness (QED) is 0.796. The van der Waals surface area contributed by atoms with Crippen molar-refractivity contribution in [2.24, 2.45) is 0 Å². The molecule has 0 aliphatic carbocycles. The molecule has 0 radical (unpaired) electrons. The van der Waals surface area contributed by atoms with Gasteiger partial charge in [-0.1, -0.05) is 12.1 Å². The maximum Gasteiger partial charge on any atom is 0.338 e. The molecular weight excluding hydrogens is 306 g/mol. The summed E-state index contributed by atoms with van der Waals surface area (Å²) in [6, 6.07) is 6.03. The summed E-state index contributed by atoms with van der Waals surface area (Å²) in [6.45, 7) is 5.12. The highest BCUT2D eigenvalue weighted by molar-refractivity contribution is 7.89. The van der Waals surface area contributed by atoms with Crippen LogP contribution in [-0.2, 0) is 25.1 Å². The Morgan fingerprint density at radius 1 is 1.14 bits per heavy atom. The molecule has 0 spiro atoms. The van der Waals surface area contributed by atoms with Gasteiger partial charge in [0.25, 0.3) is 5.91 Å². The second kappa shape index (κ2) is 7.40. The number of carbonyl (C=O) groups excluding carboxylic acids is 2. The van der Waals surface area contributed by atoms with E-state index in [0.717, 1.165) is 6.26 Å². The molecule has 0 bridgehead atoms. The summed E-state index contributed by atoms with van der Waals surface area (Å²) in [5.41, 5.74) is 0.853. The molecule has 122 valence electrons. The first-order chi connectivity index (χ1) is 10.1. The highest BCUT2D eigenvalue weighted by Crippen LogP contribution is 2.10. The van der Waals surface area contributed by atoms with Gasteiger partial charge in [-0.25, -0.2) is 13.2 Å². The lowest BCUT2D eigenvalue weighted by molar-refractivity contribution is -0.129. The largest absolute Gasteiger partial charge is 0.449 e. The lowest BCUT2D eigenvalue weighted by Gasteiger charge is -2.15. The minimum absolute atomic E-state index is 0.0380. The average Bonchev–Trinajstić information content (AvgIpc) is 2.36. The topological polar surface area (TPSA) is 89.5 Å². The summed E-state index contributed by atoms with van der Waals surface area (Å²) < 4.78 is 27.5. The molecule has 1 aromatic rings. The molecule has 0 aromatic heterocycles. The first kappa shape index (κ1) is 18.2. The van der Waals surface area contributed by atoms with Crippen LogP contribution in [0.15, 0.2) is 24.3 Å². The average molecular weight is 327 g/mol. The van der Waals surface area contributed by atoms with E-state index in [1.165, 1.54) is 19.1 Å². The molecule has 6 nitrogen and oxygen atoms in total. The van der Waals surface area contributed by atoms with Crippen LogP contribution in [0.2, 0.25) is 0 Å². The van der Waals surface area contributed by atoms with E-state index in [0.29, 0.717) is 5.56 Å². The van der Waals surface area contributed by atoms with Crippen molar-refractivity contribution < 1.29 is 22.7 Å². The van der Waals surface area contributed by atoms with E-state index in [1.807, 2.05) is 13.8 Å². The first-order valence-electron chi connectivity index (χ1n) is 6.86. The number of carbonyl (C=O) groups is 2. The molecule has 0 aliphatic rings. The minimum atomic E-state index is -3.12. The summed E-state index contributed by atoms with van der Waals surface area (Å²) in [5.74, 6) is -1.08. The number of benzene rings is 1. The Hall–Kier alpha value is -1.89. The third kappa shape index (κ3) is 6.26. The molecule has 0 unspecified atom stereocenters. The van der Waals surface area contributed by atoms with E-state index < -0.39 is 21.9 Å². The van der Waals surface area contributed by atoms with Crippen molar-refractivity contribution >= 4 is 21.7 Å². The Kier molecular flexibility index (Phi) is 6.11. The van der Waals surface area contributed by atoms with E-state index in [-0.39, 0.29) is 23.3 Å². The standard InChI is InChI=1S/C15H21NO5S/c1-10(2)16-14(17)11(3)21-15(18)13-7-5-12(6-8-13)9-22(4,19)20/h5-8,10-11H,9H2,1-4H3,(H,16,17)/t11-/m0/s1. The van der Waals surface area contributed by atoms with Crippen LogP contribution in [0.1, 0.15) is 36.7 Å². The zero-order valence-electron chi connectivity index (χ0n) is 13.1. The van der Waals surface area contributed by atoms with Gasteiger partial charge in [0.2, 0.25) is 0 Å². The van der Waals surface area contributed by atoms with Crippen LogP contribution in [0.3, 0.4) is 0 Å². The van der Waals surface area contributed by atoms with Crippen LogP contribution in [0.25, 0.3) is 0 Å². The van der Waals surface area contributed by atoms with Crippen LogP contribution < -0.4 is 5.32 Å². The maximum atomic E-state index is 11.9. The monoisotopic (exact) mass is 327 g/mol. The van der Waals surface area contributed by atoms with E-state index in [1.54, 1.807) is 12.1 Å². The summed E-state index contributed by atoms with van der Waals surface area (Å²) >= 11 is 0. The molecular formula is C15H21NO5S. The molecule has 1 amide bonds. The summed E-state index contributed by atoms with van der Waals surface area (Å²) in [4.78, 5) is 23.6. The smallest absolute Gasteiger partial charge is 0.338 e. The Bertz CT molecular complexity index is 634. The molecule has 0 saturated heterocycles. The lowest BCUT2D eigenvalue weighted by Crippen LogP contribution is -2.39. The third-order valence-corrected chi connectivity index (χ3v) is 3.56. The summed E-state index contributed by atoms with van der Waals surface area (Å²) in [5, 5.41) is 2.65. The number of rotatable bonds is 6. The van der Waals surface area contributed by atoms with Gasteiger partial charge in [-0.3, -0.25) is 4.79 Å². The molecule has 0 heterocycles. The fourth-order valence-electron chi connectivity index (χ4n) is 1.72. The number of amides is 1. The van der Waals surface area contributed by atoms with Crippen LogP contribution in [-0.4, -0.2) is 38.7 Å². The number of sulfone groups is 1. The molecule has 1 atom stereocenters. The van der Waals surface area contributed by atoms with Gasteiger partial charge in [-0.05, 0) is 38.5 Å². The normalized spacial score (nSPS) is 12.8. The third-order valence-electron chi connectivity index (χ3n) is 2.70.